The summed E-state index contributed by atoms with van der Waals surface area (Å²) in [4.78, 5) is 23.3. The summed E-state index contributed by atoms with van der Waals surface area (Å²) in [6, 6.07) is 8.07. The van der Waals surface area contributed by atoms with Crippen molar-refractivity contribution in [2.45, 2.75) is 26.4 Å². The van der Waals surface area contributed by atoms with Gasteiger partial charge in [-0.2, -0.15) is 0 Å². The standard InChI is InChI=1S/C18H15ClF2O3/c1-11(22)8-9-16(23)18-13(19)4-2-7-17(18)24-10-12-14(20)5-3-6-15(12)21/h2-7H,8-10H2,1H3. The third-order valence-corrected chi connectivity index (χ3v) is 3.71. The molecule has 6 heteroatoms. The molecule has 3 nitrogen and oxygen atoms in total. The monoisotopic (exact) mass is 352 g/mol. The zero-order valence-electron chi connectivity index (χ0n) is 12.9. The average molecular weight is 353 g/mol. The highest BCUT2D eigenvalue weighted by Gasteiger charge is 2.18. The highest BCUT2D eigenvalue weighted by atomic mass is 35.5. The van der Waals surface area contributed by atoms with Crippen molar-refractivity contribution in [3.8, 4) is 5.75 Å². The van der Waals surface area contributed by atoms with Gasteiger partial charge < -0.3 is 9.53 Å². The van der Waals surface area contributed by atoms with Crippen LogP contribution in [-0.4, -0.2) is 11.6 Å². The van der Waals surface area contributed by atoms with Crippen LogP contribution in [-0.2, 0) is 11.4 Å². The first-order valence-corrected chi connectivity index (χ1v) is 7.64. The van der Waals surface area contributed by atoms with E-state index in [1.807, 2.05) is 0 Å². The fourth-order valence-corrected chi connectivity index (χ4v) is 2.40. The quantitative estimate of drug-likeness (QED) is 0.675. The molecule has 0 aromatic heterocycles. The van der Waals surface area contributed by atoms with Crippen LogP contribution in [0.3, 0.4) is 0 Å². The SMILES string of the molecule is CC(=O)CCC(=O)c1c(Cl)cccc1OCc1c(F)cccc1F. The summed E-state index contributed by atoms with van der Waals surface area (Å²) in [6.07, 6.45) is 0.0783. The largest absolute Gasteiger partial charge is 0.488 e. The van der Waals surface area contributed by atoms with Gasteiger partial charge in [-0.05, 0) is 31.2 Å². The molecule has 24 heavy (non-hydrogen) atoms. The lowest BCUT2D eigenvalue weighted by Gasteiger charge is -2.13. The molecule has 0 spiro atoms. The normalized spacial score (nSPS) is 10.5. The molecular formula is C18H15ClF2O3. The van der Waals surface area contributed by atoms with Crippen LogP contribution in [0.1, 0.15) is 35.7 Å². The second kappa shape index (κ2) is 8.02. The lowest BCUT2D eigenvalue weighted by atomic mass is 10.0. The van der Waals surface area contributed by atoms with Crippen LogP contribution in [0.2, 0.25) is 5.02 Å². The lowest BCUT2D eigenvalue weighted by molar-refractivity contribution is -0.116. The fourth-order valence-electron chi connectivity index (χ4n) is 2.13. The van der Waals surface area contributed by atoms with E-state index in [2.05, 4.69) is 0 Å². The van der Waals surface area contributed by atoms with Crippen LogP contribution in [0, 0.1) is 11.6 Å². The first-order chi connectivity index (χ1) is 11.4. The van der Waals surface area contributed by atoms with E-state index in [4.69, 9.17) is 16.3 Å². The Balaban J connectivity index is 2.23. The number of halogens is 3. The van der Waals surface area contributed by atoms with E-state index in [1.165, 1.54) is 25.1 Å². The van der Waals surface area contributed by atoms with Gasteiger partial charge in [-0.1, -0.05) is 23.7 Å². The van der Waals surface area contributed by atoms with E-state index in [0.29, 0.717) is 0 Å². The predicted molar refractivity (Wildman–Crippen MR) is 86.4 cm³/mol. The molecule has 0 saturated heterocycles. The van der Waals surface area contributed by atoms with Gasteiger partial charge in [-0.15, -0.1) is 0 Å². The number of carbonyl (C=O) groups is 2. The Hall–Kier alpha value is -2.27. The van der Waals surface area contributed by atoms with Crippen molar-refractivity contribution in [2.75, 3.05) is 0 Å². The van der Waals surface area contributed by atoms with E-state index in [1.54, 1.807) is 6.07 Å². The van der Waals surface area contributed by atoms with Gasteiger partial charge in [-0.3, -0.25) is 4.79 Å². The number of hydrogen-bond acceptors (Lipinski definition) is 3. The molecule has 0 heterocycles. The number of carbonyl (C=O) groups excluding carboxylic acids is 2. The van der Waals surface area contributed by atoms with E-state index in [9.17, 15) is 18.4 Å². The van der Waals surface area contributed by atoms with Crippen LogP contribution < -0.4 is 4.74 Å². The van der Waals surface area contributed by atoms with Crippen molar-refractivity contribution >= 4 is 23.2 Å². The van der Waals surface area contributed by atoms with Crippen molar-refractivity contribution in [1.29, 1.82) is 0 Å². The van der Waals surface area contributed by atoms with Crippen LogP contribution in [0.15, 0.2) is 36.4 Å². The zero-order valence-corrected chi connectivity index (χ0v) is 13.7. The number of ketones is 2. The Labute approximate surface area is 143 Å². The minimum absolute atomic E-state index is 0.0104. The van der Waals surface area contributed by atoms with E-state index in [-0.39, 0.29) is 52.9 Å². The van der Waals surface area contributed by atoms with E-state index >= 15 is 0 Å². The Kier molecular flexibility index (Phi) is 6.04. The molecule has 0 aliphatic rings. The molecule has 0 fully saturated rings. The fraction of sp³-hybridized carbons (Fsp3) is 0.222. The maximum Gasteiger partial charge on any atom is 0.168 e. The minimum atomic E-state index is -0.735. The second-order valence-electron chi connectivity index (χ2n) is 5.23. The maximum atomic E-state index is 13.7. The molecule has 0 atom stereocenters. The summed E-state index contributed by atoms with van der Waals surface area (Å²) in [5.41, 5.74) is -0.128. The zero-order chi connectivity index (χ0) is 17.7. The number of Topliss-reactive ketones (excluding diaryl/α,β-unsaturated/α-hetero) is 2. The summed E-state index contributed by atoms with van der Waals surface area (Å²) < 4.78 is 32.7. The van der Waals surface area contributed by atoms with Gasteiger partial charge in [0.2, 0.25) is 0 Å². The van der Waals surface area contributed by atoms with Crippen LogP contribution >= 0.6 is 11.6 Å². The van der Waals surface area contributed by atoms with Crippen molar-refractivity contribution in [2.24, 2.45) is 0 Å². The molecule has 0 unspecified atom stereocenters. The van der Waals surface area contributed by atoms with Crippen LogP contribution in [0.5, 0.6) is 5.75 Å². The van der Waals surface area contributed by atoms with Gasteiger partial charge in [0.1, 0.15) is 29.8 Å². The molecule has 126 valence electrons. The van der Waals surface area contributed by atoms with E-state index in [0.717, 1.165) is 12.1 Å². The van der Waals surface area contributed by atoms with Gasteiger partial charge in [0.15, 0.2) is 5.78 Å². The minimum Gasteiger partial charge on any atom is -0.488 e. The van der Waals surface area contributed by atoms with Crippen molar-refractivity contribution in [3.05, 3.63) is 64.2 Å². The predicted octanol–water partition coefficient (Wildman–Crippen LogP) is 4.75. The number of hydrogen-bond donors (Lipinski definition) is 0. The van der Waals surface area contributed by atoms with Gasteiger partial charge in [0.05, 0.1) is 16.1 Å². The highest BCUT2D eigenvalue weighted by Crippen LogP contribution is 2.29. The third-order valence-electron chi connectivity index (χ3n) is 3.39. The molecule has 2 aromatic rings. The first-order valence-electron chi connectivity index (χ1n) is 7.27. The second-order valence-corrected chi connectivity index (χ2v) is 5.63. The molecular weight excluding hydrogens is 338 g/mol. The third kappa shape index (κ3) is 4.38. The van der Waals surface area contributed by atoms with Gasteiger partial charge >= 0.3 is 0 Å². The Morgan fingerprint density at radius 1 is 1.04 bits per heavy atom. The summed E-state index contributed by atoms with van der Waals surface area (Å²) in [6.45, 7) is 1.00. The Morgan fingerprint density at radius 3 is 2.29 bits per heavy atom. The Morgan fingerprint density at radius 2 is 1.67 bits per heavy atom. The van der Waals surface area contributed by atoms with Crippen molar-refractivity contribution < 1.29 is 23.1 Å². The number of benzene rings is 2. The topological polar surface area (TPSA) is 43.4 Å². The maximum absolute atomic E-state index is 13.7. The van der Waals surface area contributed by atoms with Crippen LogP contribution in [0.25, 0.3) is 0 Å². The lowest BCUT2D eigenvalue weighted by Crippen LogP contribution is -2.08. The summed E-state index contributed by atoms with van der Waals surface area (Å²) in [5.74, 6) is -1.83. The molecule has 0 bridgehead atoms. The molecule has 0 aliphatic heterocycles. The summed E-state index contributed by atoms with van der Waals surface area (Å²) in [5, 5.41) is 0.162. The molecule has 0 aliphatic carbocycles. The molecule has 0 N–H and O–H groups in total. The van der Waals surface area contributed by atoms with Gasteiger partial charge in [0.25, 0.3) is 0 Å². The summed E-state index contributed by atoms with van der Waals surface area (Å²) in [7, 11) is 0. The highest BCUT2D eigenvalue weighted by molar-refractivity contribution is 6.34. The molecule has 0 amide bonds. The average Bonchev–Trinajstić information content (AvgIpc) is 2.52. The number of ether oxygens (including phenoxy) is 1. The molecule has 2 aromatic carbocycles. The van der Waals surface area contributed by atoms with Gasteiger partial charge in [-0.25, -0.2) is 8.78 Å². The Bertz CT molecular complexity index is 755. The van der Waals surface area contributed by atoms with Crippen LogP contribution in [0.4, 0.5) is 8.78 Å². The van der Waals surface area contributed by atoms with Crippen molar-refractivity contribution in [1.82, 2.24) is 0 Å². The van der Waals surface area contributed by atoms with Gasteiger partial charge in [0, 0.05) is 12.8 Å². The first kappa shape index (κ1) is 18.1. The molecule has 0 saturated carbocycles. The van der Waals surface area contributed by atoms with Crippen molar-refractivity contribution in [3.63, 3.8) is 0 Å². The van der Waals surface area contributed by atoms with E-state index < -0.39 is 11.6 Å². The number of rotatable bonds is 7. The molecule has 2 rings (SSSR count). The molecule has 0 radical (unpaired) electrons. The smallest absolute Gasteiger partial charge is 0.168 e. The summed E-state index contributed by atoms with van der Waals surface area (Å²) >= 11 is 6.05.